The largest absolute Gasteiger partial charge is 0.481 e. The summed E-state index contributed by atoms with van der Waals surface area (Å²) in [6, 6.07) is 5.84. The molecule has 27 heavy (non-hydrogen) atoms. The van der Waals surface area contributed by atoms with Gasteiger partial charge in [-0.05, 0) is 43.9 Å². The maximum atomic E-state index is 12.9. The zero-order valence-corrected chi connectivity index (χ0v) is 16.0. The average molecular weight is 396 g/mol. The van der Waals surface area contributed by atoms with Crippen molar-refractivity contribution in [1.29, 1.82) is 0 Å². The number of rotatable bonds is 7. The number of aliphatic carboxylic acids is 1. The summed E-state index contributed by atoms with van der Waals surface area (Å²) in [7, 11) is -2.23. The van der Waals surface area contributed by atoms with E-state index < -0.39 is 21.4 Å². The van der Waals surface area contributed by atoms with Crippen molar-refractivity contribution in [2.24, 2.45) is 5.41 Å². The number of likely N-dealkylation sites (tertiary alicyclic amines) is 1. The summed E-state index contributed by atoms with van der Waals surface area (Å²) >= 11 is 0. The van der Waals surface area contributed by atoms with Crippen LogP contribution in [0.15, 0.2) is 29.2 Å². The molecule has 2 fully saturated rings. The average Bonchev–Trinajstić information content (AvgIpc) is 3.45. The fraction of sp³-hybridized carbons (Fsp3) is 0.556. The predicted octanol–water partition coefficient (Wildman–Crippen LogP) is 1.08. The van der Waals surface area contributed by atoms with Gasteiger partial charge in [-0.15, -0.1) is 0 Å². The predicted molar refractivity (Wildman–Crippen MR) is 96.9 cm³/mol. The molecule has 1 aromatic rings. The highest BCUT2D eigenvalue weighted by Crippen LogP contribution is 2.32. The van der Waals surface area contributed by atoms with E-state index in [9.17, 15) is 23.1 Å². The van der Waals surface area contributed by atoms with Gasteiger partial charge < -0.3 is 14.7 Å². The number of nitrogens with zero attached hydrogens (tertiary/aromatic N) is 1. The van der Waals surface area contributed by atoms with Gasteiger partial charge in [0.2, 0.25) is 10.0 Å². The summed E-state index contributed by atoms with van der Waals surface area (Å²) in [5.41, 5.74) is -0.910. The Hall–Kier alpha value is -1.97. The van der Waals surface area contributed by atoms with Crippen LogP contribution in [-0.2, 0) is 19.6 Å². The molecular formula is C18H24N2O6S. The maximum absolute atomic E-state index is 12.9. The van der Waals surface area contributed by atoms with Crippen LogP contribution in [0.1, 0.15) is 36.0 Å². The fourth-order valence-corrected chi connectivity index (χ4v) is 4.75. The number of carbonyl (C=O) groups excluding carboxylic acids is 1. The van der Waals surface area contributed by atoms with Crippen molar-refractivity contribution in [3.05, 3.63) is 29.8 Å². The number of hydrogen-bond donors (Lipinski definition) is 2. The number of sulfonamides is 1. The van der Waals surface area contributed by atoms with Crippen molar-refractivity contribution in [3.8, 4) is 0 Å². The zero-order valence-electron chi connectivity index (χ0n) is 15.2. The minimum absolute atomic E-state index is 0.0197. The van der Waals surface area contributed by atoms with Gasteiger partial charge in [-0.2, -0.15) is 0 Å². The number of carbonyl (C=O) groups is 2. The SMILES string of the molecule is COCC1(C(=O)O)CCCN(C(=O)c2cccc(S(=O)(=O)NC3CC3)c2)C1. The lowest BCUT2D eigenvalue weighted by Gasteiger charge is -2.39. The van der Waals surface area contributed by atoms with Crippen LogP contribution in [0.5, 0.6) is 0 Å². The van der Waals surface area contributed by atoms with Gasteiger partial charge in [-0.1, -0.05) is 6.07 Å². The molecule has 3 rings (SSSR count). The molecule has 0 spiro atoms. The van der Waals surface area contributed by atoms with Gasteiger partial charge in [0.15, 0.2) is 0 Å². The normalized spacial score (nSPS) is 23.2. The Kier molecular flexibility index (Phi) is 5.55. The molecule has 0 aromatic heterocycles. The first kappa shape index (κ1) is 19.8. The van der Waals surface area contributed by atoms with E-state index in [-0.39, 0.29) is 35.6 Å². The Balaban J connectivity index is 1.81. The summed E-state index contributed by atoms with van der Waals surface area (Å²) in [5, 5.41) is 9.63. The van der Waals surface area contributed by atoms with E-state index in [0.717, 1.165) is 12.8 Å². The Morgan fingerprint density at radius 2 is 2.11 bits per heavy atom. The maximum Gasteiger partial charge on any atom is 0.313 e. The van der Waals surface area contributed by atoms with Crippen LogP contribution in [0.2, 0.25) is 0 Å². The van der Waals surface area contributed by atoms with E-state index in [1.165, 1.54) is 30.2 Å². The molecule has 1 atom stereocenters. The molecule has 1 aliphatic carbocycles. The second-order valence-electron chi connectivity index (χ2n) is 7.27. The number of carboxylic acid groups (broad SMARTS) is 1. The third kappa shape index (κ3) is 4.31. The van der Waals surface area contributed by atoms with Crippen molar-refractivity contribution in [3.63, 3.8) is 0 Å². The first-order chi connectivity index (χ1) is 12.8. The topological polar surface area (TPSA) is 113 Å². The van der Waals surface area contributed by atoms with Crippen LogP contribution in [-0.4, -0.2) is 63.1 Å². The van der Waals surface area contributed by atoms with Crippen LogP contribution >= 0.6 is 0 Å². The molecule has 1 saturated carbocycles. The molecule has 9 heteroatoms. The van der Waals surface area contributed by atoms with Crippen LogP contribution in [0.3, 0.4) is 0 Å². The third-order valence-electron chi connectivity index (χ3n) is 5.03. The molecule has 2 N–H and O–H groups in total. The molecule has 148 valence electrons. The molecule has 0 bridgehead atoms. The smallest absolute Gasteiger partial charge is 0.313 e. The Morgan fingerprint density at radius 1 is 1.37 bits per heavy atom. The number of amides is 1. The summed E-state index contributed by atoms with van der Waals surface area (Å²) < 4.78 is 32.4. The van der Waals surface area contributed by atoms with Crippen molar-refractivity contribution < 1.29 is 27.9 Å². The van der Waals surface area contributed by atoms with E-state index in [1.807, 2.05) is 0 Å². The third-order valence-corrected chi connectivity index (χ3v) is 6.55. The number of methoxy groups -OCH3 is 1. The molecule has 1 saturated heterocycles. The number of benzene rings is 1. The first-order valence-electron chi connectivity index (χ1n) is 8.91. The molecule has 2 aliphatic rings. The quantitative estimate of drug-likeness (QED) is 0.713. The highest BCUT2D eigenvalue weighted by molar-refractivity contribution is 7.89. The molecule has 1 heterocycles. The lowest BCUT2D eigenvalue weighted by molar-refractivity contribution is -0.155. The molecule has 1 unspecified atom stereocenters. The lowest BCUT2D eigenvalue weighted by Crippen LogP contribution is -2.52. The van der Waals surface area contributed by atoms with Gasteiger partial charge in [0.05, 0.1) is 11.5 Å². The number of hydrogen-bond acceptors (Lipinski definition) is 5. The summed E-state index contributed by atoms with van der Waals surface area (Å²) in [6.07, 6.45) is 2.62. The number of ether oxygens (including phenoxy) is 1. The molecular weight excluding hydrogens is 372 g/mol. The standard InChI is InChI=1S/C18H24N2O6S/c1-26-12-18(17(22)23)8-3-9-20(11-18)16(21)13-4-2-5-15(10-13)27(24,25)19-14-6-7-14/h2,4-5,10,14,19H,3,6-9,11-12H2,1H3,(H,22,23). The highest BCUT2D eigenvalue weighted by atomic mass is 32.2. The van der Waals surface area contributed by atoms with Crippen LogP contribution in [0.4, 0.5) is 0 Å². The highest BCUT2D eigenvalue weighted by Gasteiger charge is 2.44. The molecule has 8 nitrogen and oxygen atoms in total. The van der Waals surface area contributed by atoms with Crippen LogP contribution < -0.4 is 4.72 Å². The van der Waals surface area contributed by atoms with Gasteiger partial charge >= 0.3 is 5.97 Å². The second kappa shape index (κ2) is 7.57. The molecule has 0 radical (unpaired) electrons. The molecule has 1 aromatic carbocycles. The van der Waals surface area contributed by atoms with Crippen LogP contribution in [0, 0.1) is 5.41 Å². The monoisotopic (exact) mass is 396 g/mol. The molecule has 1 amide bonds. The lowest BCUT2D eigenvalue weighted by atomic mass is 9.80. The Morgan fingerprint density at radius 3 is 2.74 bits per heavy atom. The van der Waals surface area contributed by atoms with E-state index in [1.54, 1.807) is 6.07 Å². The van der Waals surface area contributed by atoms with E-state index >= 15 is 0 Å². The van der Waals surface area contributed by atoms with Gasteiger partial charge in [-0.25, -0.2) is 13.1 Å². The zero-order chi connectivity index (χ0) is 19.7. The Bertz CT molecular complexity index is 832. The Labute approximate surface area is 158 Å². The first-order valence-corrected chi connectivity index (χ1v) is 10.4. The van der Waals surface area contributed by atoms with E-state index in [4.69, 9.17) is 4.74 Å². The number of piperidine rings is 1. The van der Waals surface area contributed by atoms with Crippen LogP contribution in [0.25, 0.3) is 0 Å². The van der Waals surface area contributed by atoms with Gasteiger partial charge in [0.25, 0.3) is 5.91 Å². The van der Waals surface area contributed by atoms with Gasteiger partial charge in [0.1, 0.15) is 5.41 Å². The molecule has 1 aliphatic heterocycles. The minimum Gasteiger partial charge on any atom is -0.481 e. The van der Waals surface area contributed by atoms with Crippen molar-refractivity contribution in [2.75, 3.05) is 26.8 Å². The van der Waals surface area contributed by atoms with Crippen molar-refractivity contribution in [2.45, 2.75) is 36.6 Å². The van der Waals surface area contributed by atoms with E-state index in [2.05, 4.69) is 4.72 Å². The van der Waals surface area contributed by atoms with Gasteiger partial charge in [-0.3, -0.25) is 9.59 Å². The van der Waals surface area contributed by atoms with Crippen molar-refractivity contribution >= 4 is 21.9 Å². The minimum atomic E-state index is -3.66. The summed E-state index contributed by atoms with van der Waals surface area (Å²) in [6.45, 7) is 0.479. The van der Waals surface area contributed by atoms with E-state index in [0.29, 0.717) is 19.4 Å². The summed E-state index contributed by atoms with van der Waals surface area (Å²) in [5.74, 6) is -1.37. The number of nitrogens with one attached hydrogen (secondary N) is 1. The summed E-state index contributed by atoms with van der Waals surface area (Å²) in [4.78, 5) is 26.2. The van der Waals surface area contributed by atoms with Crippen molar-refractivity contribution in [1.82, 2.24) is 9.62 Å². The second-order valence-corrected chi connectivity index (χ2v) is 8.99. The van der Waals surface area contributed by atoms with Gasteiger partial charge in [0, 0.05) is 31.8 Å². The number of carboxylic acids is 1. The fourth-order valence-electron chi connectivity index (χ4n) is 3.40.